The Balaban J connectivity index is 1.76. The van der Waals surface area contributed by atoms with Crippen LogP contribution < -0.4 is 4.90 Å². The Hall–Kier alpha value is -2.32. The van der Waals surface area contributed by atoms with Gasteiger partial charge < -0.3 is 20.0 Å². The number of thioether (sulfide) groups is 1. The number of amides is 2. The highest BCUT2D eigenvalue weighted by Crippen LogP contribution is 2.68. The molecule has 2 bridgehead atoms. The third-order valence-electron chi connectivity index (χ3n) is 8.30. The van der Waals surface area contributed by atoms with Crippen LogP contribution in [0.4, 0.5) is 5.69 Å². The topological polar surface area (TPSA) is 98.2 Å². The van der Waals surface area contributed by atoms with E-state index >= 15 is 0 Å². The van der Waals surface area contributed by atoms with Gasteiger partial charge in [-0.15, -0.1) is 18.3 Å². The van der Waals surface area contributed by atoms with Crippen molar-refractivity contribution >= 4 is 35.2 Å². The Labute approximate surface area is 217 Å². The molecule has 36 heavy (non-hydrogen) atoms. The van der Waals surface area contributed by atoms with Gasteiger partial charge in [-0.25, -0.2) is 0 Å². The van der Waals surface area contributed by atoms with Crippen molar-refractivity contribution in [3.8, 4) is 0 Å². The van der Waals surface area contributed by atoms with Crippen molar-refractivity contribution < 1.29 is 24.6 Å². The number of nitrogens with zero attached hydrogens (tertiary/aromatic N) is 2. The van der Waals surface area contributed by atoms with Crippen molar-refractivity contribution in [2.45, 2.75) is 68.9 Å². The summed E-state index contributed by atoms with van der Waals surface area (Å²) in [6.45, 7) is 10.8. The second kappa shape index (κ2) is 10.6. The van der Waals surface area contributed by atoms with E-state index in [0.717, 1.165) is 29.7 Å². The lowest BCUT2D eigenvalue weighted by atomic mass is 9.66. The minimum Gasteiger partial charge on any atom is -0.481 e. The van der Waals surface area contributed by atoms with E-state index < -0.39 is 28.6 Å². The molecule has 2 amide bonds. The quantitative estimate of drug-likeness (QED) is 0.344. The number of likely N-dealkylation sites (tertiary alicyclic amines) is 1. The average Bonchev–Trinajstić information content (AvgIpc) is 3.42. The number of hydrogen-bond acceptors (Lipinski definition) is 5. The van der Waals surface area contributed by atoms with Crippen LogP contribution in [0.3, 0.4) is 0 Å². The van der Waals surface area contributed by atoms with Crippen LogP contribution in [0.15, 0.2) is 30.9 Å². The van der Waals surface area contributed by atoms with Crippen molar-refractivity contribution in [2.75, 3.05) is 24.6 Å². The second-order valence-corrected chi connectivity index (χ2v) is 12.1. The van der Waals surface area contributed by atoms with Gasteiger partial charge in [0.2, 0.25) is 5.91 Å². The van der Waals surface area contributed by atoms with E-state index in [-0.39, 0.29) is 29.6 Å². The maximum atomic E-state index is 14.5. The molecule has 0 aliphatic carbocycles. The molecule has 1 aromatic rings. The van der Waals surface area contributed by atoms with E-state index in [2.05, 4.69) is 13.5 Å². The highest BCUT2D eigenvalue weighted by atomic mass is 32.2. The number of benzene rings is 1. The number of hydrogen-bond donors (Lipinski definition) is 2. The van der Waals surface area contributed by atoms with Gasteiger partial charge in [0, 0.05) is 30.6 Å². The van der Waals surface area contributed by atoms with Crippen molar-refractivity contribution in [1.82, 2.24) is 4.90 Å². The molecule has 196 valence electrons. The zero-order valence-corrected chi connectivity index (χ0v) is 22.3. The zero-order valence-electron chi connectivity index (χ0n) is 21.5. The van der Waals surface area contributed by atoms with Gasteiger partial charge in [-0.2, -0.15) is 0 Å². The summed E-state index contributed by atoms with van der Waals surface area (Å²) in [5, 5.41) is 19.0. The maximum Gasteiger partial charge on any atom is 0.308 e. The first-order valence-corrected chi connectivity index (χ1v) is 13.9. The molecule has 0 saturated carbocycles. The Morgan fingerprint density at radius 3 is 2.64 bits per heavy atom. The number of anilines is 1. The van der Waals surface area contributed by atoms with Crippen LogP contribution in [0, 0.1) is 31.6 Å². The third-order valence-corrected chi connectivity index (χ3v) is 10.4. The van der Waals surface area contributed by atoms with Crippen LogP contribution >= 0.6 is 11.8 Å². The molecular weight excluding hydrogens is 476 g/mol. The van der Waals surface area contributed by atoms with Gasteiger partial charge in [0.1, 0.15) is 6.04 Å². The number of carbonyl (C=O) groups is 3. The molecular formula is C28H38N2O5S. The molecule has 2 N–H and O–H groups in total. The first-order valence-electron chi connectivity index (χ1n) is 13.0. The largest absolute Gasteiger partial charge is 0.481 e. The summed E-state index contributed by atoms with van der Waals surface area (Å²) in [4.78, 5) is 44.2. The SMILES string of the molecule is C=CCN(C(=O)C1N(CCCCCCO)C(=O)[C@@H]2[C@H](C(=O)O)[C@@H]3CC(C)C12S3)c1cc(C)ccc1C. The molecule has 1 aromatic carbocycles. The van der Waals surface area contributed by atoms with E-state index in [1.54, 1.807) is 27.6 Å². The van der Waals surface area contributed by atoms with Gasteiger partial charge in [0.25, 0.3) is 5.91 Å². The number of carboxylic acids is 1. The average molecular weight is 515 g/mol. The van der Waals surface area contributed by atoms with Crippen molar-refractivity contribution in [3.05, 3.63) is 42.0 Å². The van der Waals surface area contributed by atoms with Crippen LogP contribution in [0.1, 0.15) is 50.2 Å². The summed E-state index contributed by atoms with van der Waals surface area (Å²) in [6.07, 6.45) is 5.51. The van der Waals surface area contributed by atoms with Crippen LogP contribution in [-0.4, -0.2) is 68.6 Å². The summed E-state index contributed by atoms with van der Waals surface area (Å²) >= 11 is 1.57. The van der Waals surface area contributed by atoms with E-state index in [1.807, 2.05) is 32.0 Å². The van der Waals surface area contributed by atoms with Gasteiger partial charge in [-0.3, -0.25) is 14.4 Å². The second-order valence-electron chi connectivity index (χ2n) is 10.6. The summed E-state index contributed by atoms with van der Waals surface area (Å²) in [6, 6.07) is 5.27. The smallest absolute Gasteiger partial charge is 0.308 e. The number of aliphatic carboxylic acids is 1. The molecule has 8 heteroatoms. The van der Waals surface area contributed by atoms with E-state index in [0.29, 0.717) is 32.4 Å². The minimum absolute atomic E-state index is 0.0505. The molecule has 3 unspecified atom stereocenters. The Morgan fingerprint density at radius 1 is 1.25 bits per heavy atom. The fourth-order valence-electron chi connectivity index (χ4n) is 6.66. The molecule has 3 heterocycles. The lowest BCUT2D eigenvalue weighted by Crippen LogP contribution is -2.57. The maximum absolute atomic E-state index is 14.5. The van der Waals surface area contributed by atoms with Gasteiger partial charge in [-0.1, -0.05) is 38.0 Å². The van der Waals surface area contributed by atoms with Gasteiger partial charge in [-0.05, 0) is 56.2 Å². The number of aliphatic hydroxyl groups is 1. The molecule has 1 spiro atoms. The lowest BCUT2D eigenvalue weighted by Gasteiger charge is -2.40. The highest BCUT2D eigenvalue weighted by Gasteiger charge is 2.76. The molecule has 3 saturated heterocycles. The molecule has 7 nitrogen and oxygen atoms in total. The Morgan fingerprint density at radius 2 is 1.97 bits per heavy atom. The van der Waals surface area contributed by atoms with Crippen LogP contribution in [0.5, 0.6) is 0 Å². The zero-order chi connectivity index (χ0) is 26.2. The number of aliphatic hydroxyl groups excluding tert-OH is 1. The molecule has 6 atom stereocenters. The van der Waals surface area contributed by atoms with Gasteiger partial charge >= 0.3 is 5.97 Å². The van der Waals surface area contributed by atoms with Gasteiger partial charge in [0.05, 0.1) is 16.6 Å². The van der Waals surface area contributed by atoms with Crippen molar-refractivity contribution in [1.29, 1.82) is 0 Å². The first kappa shape index (κ1) is 26.7. The molecule has 0 radical (unpaired) electrons. The summed E-state index contributed by atoms with van der Waals surface area (Å²) < 4.78 is -0.746. The fraction of sp³-hybridized carbons (Fsp3) is 0.607. The number of carboxylic acid groups (broad SMARTS) is 1. The summed E-state index contributed by atoms with van der Waals surface area (Å²) in [5.41, 5.74) is 2.80. The molecule has 3 fully saturated rings. The van der Waals surface area contributed by atoms with Crippen molar-refractivity contribution in [3.63, 3.8) is 0 Å². The van der Waals surface area contributed by atoms with Crippen LogP contribution in [-0.2, 0) is 14.4 Å². The van der Waals surface area contributed by atoms with E-state index in [4.69, 9.17) is 5.11 Å². The molecule has 4 rings (SSSR count). The summed E-state index contributed by atoms with van der Waals surface area (Å²) in [7, 11) is 0. The lowest BCUT2D eigenvalue weighted by molar-refractivity contribution is -0.149. The monoisotopic (exact) mass is 514 g/mol. The molecule has 0 aromatic heterocycles. The van der Waals surface area contributed by atoms with Gasteiger partial charge in [0.15, 0.2) is 0 Å². The van der Waals surface area contributed by atoms with E-state index in [1.165, 1.54) is 0 Å². The third kappa shape index (κ3) is 4.26. The number of carbonyl (C=O) groups excluding carboxylic acids is 2. The highest BCUT2D eigenvalue weighted by molar-refractivity contribution is 8.02. The van der Waals surface area contributed by atoms with E-state index in [9.17, 15) is 19.5 Å². The predicted octanol–water partition coefficient (Wildman–Crippen LogP) is 3.80. The normalized spacial score (nSPS) is 30.5. The molecule has 3 aliphatic rings. The van der Waals surface area contributed by atoms with Crippen LogP contribution in [0.2, 0.25) is 0 Å². The predicted molar refractivity (Wildman–Crippen MR) is 142 cm³/mol. The number of rotatable bonds is 11. The van der Waals surface area contributed by atoms with Crippen LogP contribution in [0.25, 0.3) is 0 Å². The minimum atomic E-state index is -0.937. The van der Waals surface area contributed by atoms with Crippen molar-refractivity contribution in [2.24, 2.45) is 17.8 Å². The number of aryl methyl sites for hydroxylation is 2. The Kier molecular flexibility index (Phi) is 7.86. The Bertz CT molecular complexity index is 1040. The number of unbranched alkanes of at least 4 members (excludes halogenated alkanes) is 3. The fourth-order valence-corrected chi connectivity index (χ4v) is 9.07. The standard InChI is InChI=1S/C28H38N2O5S/c1-5-12-29(20-15-17(2)10-11-18(20)3)26(33)24-28-19(4)16-21(36-28)22(27(34)35)23(28)25(32)30(24)13-8-6-7-9-14-31/h5,10-11,15,19,21-24,31H,1,6-9,12-14,16H2,2-4H3,(H,34,35)/t19?,21-,22+,23-,24?,28?/m0/s1. The summed E-state index contributed by atoms with van der Waals surface area (Å²) in [5.74, 6) is -2.68. The molecule has 3 aliphatic heterocycles. The number of fused-ring (bicyclic) bond motifs is 1. The first-order chi connectivity index (χ1) is 17.2.